The highest BCUT2D eigenvalue weighted by Crippen LogP contribution is 2.36. The van der Waals surface area contributed by atoms with Gasteiger partial charge in [-0.05, 0) is 58.5 Å². The minimum Gasteiger partial charge on any atom is -0.399 e. The molecule has 0 unspecified atom stereocenters. The number of rotatable bonds is 4. The second kappa shape index (κ2) is 5.64. The van der Waals surface area contributed by atoms with Crippen molar-refractivity contribution in [2.24, 2.45) is 5.92 Å². The minimum atomic E-state index is -0.338. The normalized spacial score (nSPS) is 22.2. The number of nitrogens with one attached hydrogen (secondary N) is 1. The van der Waals surface area contributed by atoms with Crippen LogP contribution >= 0.6 is 0 Å². The van der Waals surface area contributed by atoms with E-state index in [9.17, 15) is 4.79 Å². The standard InChI is InChI=1S/C18H26BNO3/c1-12-10-13(11-20-16(21)14-7-8-14)6-9-15(12)19-22-17(2,3)18(4,5)23-19/h6,9-10,14H,7-8,11H2,1-5H3,(H,20,21). The van der Waals surface area contributed by atoms with Gasteiger partial charge in [-0.25, -0.2) is 0 Å². The molecule has 124 valence electrons. The lowest BCUT2D eigenvalue weighted by molar-refractivity contribution is -0.122. The van der Waals surface area contributed by atoms with E-state index in [1.165, 1.54) is 0 Å². The van der Waals surface area contributed by atoms with Crippen LogP contribution in [0, 0.1) is 12.8 Å². The predicted octanol–water partition coefficient (Wildman–Crippen LogP) is 2.32. The molecule has 0 radical (unpaired) electrons. The Morgan fingerprint density at radius 3 is 2.35 bits per heavy atom. The van der Waals surface area contributed by atoms with Crippen molar-refractivity contribution in [1.82, 2.24) is 5.32 Å². The van der Waals surface area contributed by atoms with Crippen molar-refractivity contribution in [2.45, 2.75) is 65.2 Å². The molecule has 0 bridgehead atoms. The fourth-order valence-electron chi connectivity index (χ4n) is 2.76. The van der Waals surface area contributed by atoms with Gasteiger partial charge >= 0.3 is 7.12 Å². The quantitative estimate of drug-likeness (QED) is 0.868. The Balaban J connectivity index is 1.69. The summed E-state index contributed by atoms with van der Waals surface area (Å²) in [6, 6.07) is 6.20. The Morgan fingerprint density at radius 2 is 1.83 bits per heavy atom. The topological polar surface area (TPSA) is 47.6 Å². The molecule has 2 fully saturated rings. The lowest BCUT2D eigenvalue weighted by Gasteiger charge is -2.32. The summed E-state index contributed by atoms with van der Waals surface area (Å²) < 4.78 is 12.2. The van der Waals surface area contributed by atoms with Gasteiger partial charge in [-0.3, -0.25) is 4.79 Å². The predicted molar refractivity (Wildman–Crippen MR) is 91.5 cm³/mol. The van der Waals surface area contributed by atoms with E-state index in [1.807, 2.05) is 6.07 Å². The molecule has 1 saturated carbocycles. The van der Waals surface area contributed by atoms with Crippen LogP contribution in [0.5, 0.6) is 0 Å². The van der Waals surface area contributed by atoms with E-state index in [4.69, 9.17) is 9.31 Å². The van der Waals surface area contributed by atoms with Gasteiger partial charge in [-0.1, -0.05) is 23.8 Å². The Bertz CT molecular complexity index is 607. The lowest BCUT2D eigenvalue weighted by atomic mass is 9.76. The van der Waals surface area contributed by atoms with Crippen LogP contribution in [0.1, 0.15) is 51.7 Å². The average molecular weight is 315 g/mol. The van der Waals surface area contributed by atoms with Crippen molar-refractivity contribution < 1.29 is 14.1 Å². The SMILES string of the molecule is Cc1cc(CNC(=O)C2CC2)ccc1B1OC(C)(C)C(C)(C)O1. The van der Waals surface area contributed by atoms with Gasteiger partial charge in [0.1, 0.15) is 0 Å². The Hall–Kier alpha value is -1.33. The summed E-state index contributed by atoms with van der Waals surface area (Å²) in [7, 11) is -0.338. The molecule has 0 aromatic heterocycles. The number of hydrogen-bond acceptors (Lipinski definition) is 3. The van der Waals surface area contributed by atoms with Crippen LogP contribution in [0.3, 0.4) is 0 Å². The Kier molecular flexibility index (Phi) is 4.05. The average Bonchev–Trinajstić information content (AvgIpc) is 3.24. The van der Waals surface area contributed by atoms with Crippen molar-refractivity contribution in [1.29, 1.82) is 0 Å². The molecule has 0 atom stereocenters. The number of carbonyl (C=O) groups is 1. The van der Waals surface area contributed by atoms with E-state index in [0.29, 0.717) is 6.54 Å². The molecule has 1 aliphatic carbocycles. The molecule has 4 nitrogen and oxygen atoms in total. The third-order valence-electron chi connectivity index (χ3n) is 5.26. The second-order valence-corrected chi connectivity index (χ2v) is 7.77. The molecular weight excluding hydrogens is 289 g/mol. The molecule has 1 aromatic carbocycles. The van der Waals surface area contributed by atoms with E-state index in [1.54, 1.807) is 0 Å². The van der Waals surface area contributed by atoms with Crippen LogP contribution in [0.2, 0.25) is 0 Å². The Labute approximate surface area is 139 Å². The van der Waals surface area contributed by atoms with Gasteiger partial charge in [0, 0.05) is 12.5 Å². The molecule has 1 heterocycles. The summed E-state index contributed by atoms with van der Waals surface area (Å²) in [5, 5.41) is 3.00. The first kappa shape index (κ1) is 16.5. The van der Waals surface area contributed by atoms with Crippen LogP contribution in [0.25, 0.3) is 0 Å². The monoisotopic (exact) mass is 315 g/mol. The van der Waals surface area contributed by atoms with Crippen LogP contribution in [-0.2, 0) is 20.6 Å². The van der Waals surface area contributed by atoms with Crippen LogP contribution in [-0.4, -0.2) is 24.2 Å². The summed E-state index contributed by atoms with van der Waals surface area (Å²) in [5.74, 6) is 0.429. The van der Waals surface area contributed by atoms with Crippen molar-refractivity contribution in [2.75, 3.05) is 0 Å². The summed E-state index contributed by atoms with van der Waals surface area (Å²) in [6.07, 6.45) is 2.07. The van der Waals surface area contributed by atoms with Gasteiger partial charge in [0.15, 0.2) is 0 Å². The van der Waals surface area contributed by atoms with Gasteiger partial charge in [0.25, 0.3) is 0 Å². The molecule has 0 spiro atoms. The largest absolute Gasteiger partial charge is 0.495 e. The van der Waals surface area contributed by atoms with Crippen LogP contribution in [0.4, 0.5) is 0 Å². The summed E-state index contributed by atoms with van der Waals surface area (Å²) in [5.41, 5.74) is 2.63. The molecule has 3 rings (SSSR count). The summed E-state index contributed by atoms with van der Waals surface area (Å²) >= 11 is 0. The number of carbonyl (C=O) groups excluding carboxylic acids is 1. The maximum atomic E-state index is 11.7. The Morgan fingerprint density at radius 1 is 1.22 bits per heavy atom. The fourth-order valence-corrected chi connectivity index (χ4v) is 2.76. The first-order valence-corrected chi connectivity index (χ1v) is 8.42. The van der Waals surface area contributed by atoms with Gasteiger partial charge in [0.2, 0.25) is 5.91 Å². The highest BCUT2D eigenvalue weighted by atomic mass is 16.7. The highest BCUT2D eigenvalue weighted by molar-refractivity contribution is 6.62. The zero-order chi connectivity index (χ0) is 16.8. The van der Waals surface area contributed by atoms with Gasteiger partial charge in [-0.15, -0.1) is 0 Å². The van der Waals surface area contributed by atoms with Crippen LogP contribution < -0.4 is 10.8 Å². The van der Waals surface area contributed by atoms with Crippen molar-refractivity contribution in [3.63, 3.8) is 0 Å². The number of aryl methyl sites for hydroxylation is 1. The van der Waals surface area contributed by atoms with E-state index in [-0.39, 0.29) is 30.1 Å². The number of benzene rings is 1. The highest BCUT2D eigenvalue weighted by Gasteiger charge is 2.52. The lowest BCUT2D eigenvalue weighted by Crippen LogP contribution is -2.41. The second-order valence-electron chi connectivity index (χ2n) is 7.77. The first-order valence-electron chi connectivity index (χ1n) is 8.42. The molecular formula is C18H26BNO3. The van der Waals surface area contributed by atoms with Gasteiger partial charge in [-0.2, -0.15) is 0 Å². The number of hydrogen-bond donors (Lipinski definition) is 1. The van der Waals surface area contributed by atoms with E-state index in [0.717, 1.165) is 29.4 Å². The van der Waals surface area contributed by atoms with Crippen LogP contribution in [0.15, 0.2) is 18.2 Å². The third-order valence-corrected chi connectivity index (χ3v) is 5.26. The van der Waals surface area contributed by atoms with Gasteiger partial charge in [0.05, 0.1) is 11.2 Å². The molecule has 1 N–H and O–H groups in total. The maximum Gasteiger partial charge on any atom is 0.495 e. The van der Waals surface area contributed by atoms with E-state index in [2.05, 4.69) is 52.1 Å². The molecule has 1 aliphatic heterocycles. The molecule has 5 heteroatoms. The third kappa shape index (κ3) is 3.31. The molecule has 2 aliphatic rings. The van der Waals surface area contributed by atoms with Crippen molar-refractivity contribution >= 4 is 18.5 Å². The zero-order valence-corrected chi connectivity index (χ0v) is 14.7. The summed E-state index contributed by atoms with van der Waals surface area (Å²) in [6.45, 7) is 10.9. The molecule has 1 saturated heterocycles. The number of amides is 1. The summed E-state index contributed by atoms with van der Waals surface area (Å²) in [4.78, 5) is 11.7. The smallest absolute Gasteiger partial charge is 0.399 e. The molecule has 1 amide bonds. The van der Waals surface area contributed by atoms with E-state index < -0.39 is 0 Å². The van der Waals surface area contributed by atoms with Gasteiger partial charge < -0.3 is 14.6 Å². The van der Waals surface area contributed by atoms with Crippen molar-refractivity contribution in [3.8, 4) is 0 Å². The minimum absolute atomic E-state index is 0.178. The maximum absolute atomic E-state index is 11.7. The van der Waals surface area contributed by atoms with Crippen molar-refractivity contribution in [3.05, 3.63) is 29.3 Å². The molecule has 23 heavy (non-hydrogen) atoms. The first-order chi connectivity index (χ1) is 10.7. The van der Waals surface area contributed by atoms with E-state index >= 15 is 0 Å². The zero-order valence-electron chi connectivity index (χ0n) is 14.7. The molecule has 1 aromatic rings. The fraction of sp³-hybridized carbons (Fsp3) is 0.611.